The zero-order chi connectivity index (χ0) is 23.2. The van der Waals surface area contributed by atoms with Gasteiger partial charge in [0, 0.05) is 18.5 Å². The number of carbonyl (C=O) groups excluding carboxylic acids is 2. The van der Waals surface area contributed by atoms with Gasteiger partial charge in [-0.05, 0) is 58.2 Å². The molecule has 2 aliphatic carbocycles. The Hall–Kier alpha value is -3.00. The van der Waals surface area contributed by atoms with Crippen molar-refractivity contribution in [3.8, 4) is 0 Å². The van der Waals surface area contributed by atoms with Crippen LogP contribution in [0.1, 0.15) is 44.1 Å². The highest BCUT2D eigenvalue weighted by Crippen LogP contribution is 2.46. The second-order valence-corrected chi connectivity index (χ2v) is 10.0. The second-order valence-electron chi connectivity index (χ2n) is 10.0. The Morgan fingerprint density at radius 2 is 1.67 bits per heavy atom. The van der Waals surface area contributed by atoms with E-state index in [0.29, 0.717) is 18.2 Å². The Balaban J connectivity index is 1.29. The van der Waals surface area contributed by atoms with Gasteiger partial charge >= 0.3 is 6.03 Å². The average Bonchev–Trinajstić information content (AvgIpc) is 3.63. The quantitative estimate of drug-likeness (QED) is 0.760. The summed E-state index contributed by atoms with van der Waals surface area (Å²) < 4.78 is 0. The highest BCUT2D eigenvalue weighted by atomic mass is 16.2. The van der Waals surface area contributed by atoms with Gasteiger partial charge in [-0.25, -0.2) is 14.8 Å². The molecular formula is C25H32N6O2. The van der Waals surface area contributed by atoms with Crippen LogP contribution in [0.5, 0.6) is 0 Å². The Labute approximate surface area is 195 Å². The van der Waals surface area contributed by atoms with Gasteiger partial charge in [0.1, 0.15) is 0 Å². The van der Waals surface area contributed by atoms with Gasteiger partial charge in [-0.15, -0.1) is 0 Å². The van der Waals surface area contributed by atoms with E-state index in [0.717, 1.165) is 38.5 Å². The zero-order valence-electron chi connectivity index (χ0n) is 19.6. The van der Waals surface area contributed by atoms with E-state index in [1.165, 1.54) is 10.5 Å². The average molecular weight is 449 g/mol. The Bertz CT molecular complexity index is 1030. The summed E-state index contributed by atoms with van der Waals surface area (Å²) >= 11 is 0. The molecule has 0 bridgehead atoms. The molecule has 1 spiro atoms. The van der Waals surface area contributed by atoms with Gasteiger partial charge in [-0.2, -0.15) is 0 Å². The number of hydrogen-bond acceptors (Lipinski definition) is 5. The number of benzene rings is 1. The number of rotatable bonds is 5. The fourth-order valence-corrected chi connectivity index (χ4v) is 5.41. The molecule has 3 fully saturated rings. The van der Waals surface area contributed by atoms with E-state index in [-0.39, 0.29) is 28.9 Å². The van der Waals surface area contributed by atoms with Crippen molar-refractivity contribution in [2.75, 3.05) is 37.5 Å². The lowest BCUT2D eigenvalue weighted by molar-refractivity contribution is -0.119. The van der Waals surface area contributed by atoms with Crippen molar-refractivity contribution in [3.63, 3.8) is 0 Å². The summed E-state index contributed by atoms with van der Waals surface area (Å²) in [7, 11) is 6.00. The van der Waals surface area contributed by atoms with Crippen LogP contribution >= 0.6 is 0 Å². The molecule has 1 aromatic heterocycles. The first-order chi connectivity index (χ1) is 15.8. The van der Waals surface area contributed by atoms with Crippen LogP contribution in [-0.4, -0.2) is 60.0 Å². The van der Waals surface area contributed by atoms with E-state index >= 15 is 0 Å². The first-order valence-electron chi connectivity index (χ1n) is 11.8. The van der Waals surface area contributed by atoms with E-state index in [1.807, 2.05) is 0 Å². The minimum atomic E-state index is -0.247. The van der Waals surface area contributed by atoms with Gasteiger partial charge in [-0.1, -0.05) is 30.3 Å². The molecule has 1 aliphatic heterocycles. The van der Waals surface area contributed by atoms with Crippen molar-refractivity contribution in [1.82, 2.24) is 20.2 Å². The van der Waals surface area contributed by atoms with Crippen LogP contribution in [0.4, 0.5) is 16.4 Å². The first-order valence-corrected chi connectivity index (χ1v) is 11.8. The zero-order valence-corrected chi connectivity index (χ0v) is 19.6. The molecule has 174 valence electrons. The highest BCUT2D eigenvalue weighted by Gasteiger charge is 2.50. The van der Waals surface area contributed by atoms with Gasteiger partial charge in [0.15, 0.2) is 0 Å². The van der Waals surface area contributed by atoms with Crippen LogP contribution in [0.2, 0.25) is 0 Å². The maximum Gasteiger partial charge on any atom is 0.322 e. The Kier molecular flexibility index (Phi) is 5.35. The summed E-state index contributed by atoms with van der Waals surface area (Å²) in [6.07, 6.45) is 8.93. The minimum Gasteiger partial charge on any atom is -0.330 e. The van der Waals surface area contributed by atoms with Crippen LogP contribution < -0.4 is 15.1 Å². The van der Waals surface area contributed by atoms with Gasteiger partial charge < -0.3 is 5.32 Å². The summed E-state index contributed by atoms with van der Waals surface area (Å²) in [6, 6.07) is 10.6. The van der Waals surface area contributed by atoms with Crippen LogP contribution in [0, 0.1) is 5.92 Å². The molecular weight excluding hydrogens is 416 g/mol. The summed E-state index contributed by atoms with van der Waals surface area (Å²) in [4.78, 5) is 39.5. The number of nitrogens with one attached hydrogen (secondary N) is 1. The predicted molar refractivity (Wildman–Crippen MR) is 127 cm³/mol. The van der Waals surface area contributed by atoms with Crippen LogP contribution in [0.25, 0.3) is 0 Å². The monoisotopic (exact) mass is 448 g/mol. The number of urea groups is 1. The first kappa shape index (κ1) is 21.8. The minimum absolute atomic E-state index is 0.0197. The molecule has 3 aliphatic rings. The molecule has 0 atom stereocenters. The van der Waals surface area contributed by atoms with Crippen molar-refractivity contribution in [2.45, 2.75) is 49.6 Å². The summed E-state index contributed by atoms with van der Waals surface area (Å²) in [6.45, 7) is 0.601. The second kappa shape index (κ2) is 8.09. The number of carbonyl (C=O) groups is 2. The smallest absolute Gasteiger partial charge is 0.322 e. The molecule has 1 aromatic carbocycles. The topological polar surface area (TPSA) is 81.7 Å². The van der Waals surface area contributed by atoms with Crippen molar-refractivity contribution in [3.05, 3.63) is 48.3 Å². The van der Waals surface area contributed by atoms with E-state index in [9.17, 15) is 9.59 Å². The predicted octanol–water partition coefficient (Wildman–Crippen LogP) is 3.15. The summed E-state index contributed by atoms with van der Waals surface area (Å²) in [5.74, 6) is 0.547. The molecule has 0 unspecified atom stereocenters. The third kappa shape index (κ3) is 3.86. The molecule has 0 radical (unpaired) electrons. The molecule has 5 rings (SSSR count). The van der Waals surface area contributed by atoms with Crippen LogP contribution in [0.15, 0.2) is 42.7 Å². The van der Waals surface area contributed by atoms with Crippen molar-refractivity contribution in [1.29, 1.82) is 0 Å². The SMILES string of the molecule is CN(C(=O)C1CC1)c1ncc(N2C[C@]3(CC[C@](c4ccccc4)(N(C)C)CC3)NC2=O)cn1. The summed E-state index contributed by atoms with van der Waals surface area (Å²) in [5, 5.41) is 3.27. The van der Waals surface area contributed by atoms with E-state index in [2.05, 4.69) is 64.6 Å². The fraction of sp³-hybridized carbons (Fsp3) is 0.520. The molecule has 8 heteroatoms. The number of amides is 3. The van der Waals surface area contributed by atoms with Gasteiger partial charge in [-0.3, -0.25) is 19.5 Å². The molecule has 8 nitrogen and oxygen atoms in total. The summed E-state index contributed by atoms with van der Waals surface area (Å²) in [5.41, 5.74) is 1.73. The lowest BCUT2D eigenvalue weighted by Gasteiger charge is -2.48. The third-order valence-electron chi connectivity index (χ3n) is 7.77. The number of aromatic nitrogens is 2. The molecule has 2 aromatic rings. The lowest BCUT2D eigenvalue weighted by Crippen LogP contribution is -2.54. The highest BCUT2D eigenvalue weighted by molar-refractivity contribution is 5.96. The van der Waals surface area contributed by atoms with Gasteiger partial charge in [0.05, 0.1) is 30.2 Å². The van der Waals surface area contributed by atoms with E-state index in [1.54, 1.807) is 24.3 Å². The Morgan fingerprint density at radius 3 is 2.24 bits per heavy atom. The Morgan fingerprint density at radius 1 is 1.03 bits per heavy atom. The van der Waals surface area contributed by atoms with Crippen molar-refractivity contribution >= 4 is 23.6 Å². The van der Waals surface area contributed by atoms with E-state index in [4.69, 9.17) is 0 Å². The fourth-order valence-electron chi connectivity index (χ4n) is 5.41. The molecule has 2 saturated carbocycles. The maximum atomic E-state index is 12.9. The molecule has 3 amide bonds. The molecule has 1 N–H and O–H groups in total. The normalized spacial score (nSPS) is 27.2. The van der Waals surface area contributed by atoms with Crippen molar-refractivity contribution < 1.29 is 9.59 Å². The van der Waals surface area contributed by atoms with Gasteiger partial charge in [0.25, 0.3) is 0 Å². The molecule has 33 heavy (non-hydrogen) atoms. The number of hydrogen-bond donors (Lipinski definition) is 1. The van der Waals surface area contributed by atoms with Crippen LogP contribution in [-0.2, 0) is 10.3 Å². The number of nitrogens with zero attached hydrogens (tertiary/aromatic N) is 5. The standard InChI is InChI=1S/C25H32N6O2/c1-29(2)25(19-7-5-4-6-8-19)13-11-24(12-14-25)17-31(23(33)28-24)20-15-26-22(27-16-20)30(3)21(32)18-9-10-18/h4-8,15-16,18H,9-14,17H2,1-3H3,(H,28,33)/t24-,25+. The van der Waals surface area contributed by atoms with Crippen molar-refractivity contribution in [2.24, 2.45) is 5.92 Å². The molecule has 1 saturated heterocycles. The molecule has 2 heterocycles. The lowest BCUT2D eigenvalue weighted by atomic mass is 9.69. The number of anilines is 2. The third-order valence-corrected chi connectivity index (χ3v) is 7.77. The largest absolute Gasteiger partial charge is 0.330 e. The van der Waals surface area contributed by atoms with Crippen LogP contribution in [0.3, 0.4) is 0 Å². The maximum absolute atomic E-state index is 12.9. The van der Waals surface area contributed by atoms with Gasteiger partial charge in [0.2, 0.25) is 11.9 Å². The van der Waals surface area contributed by atoms with E-state index < -0.39 is 0 Å².